The van der Waals surface area contributed by atoms with E-state index >= 15 is 0 Å². The zero-order valence-electron chi connectivity index (χ0n) is 8.01. The smallest absolute Gasteiger partial charge is 0.00605 e. The normalized spacial score (nSPS) is 19.9. The van der Waals surface area contributed by atoms with Gasteiger partial charge < -0.3 is 0 Å². The van der Waals surface area contributed by atoms with E-state index in [4.69, 9.17) is 0 Å². The van der Waals surface area contributed by atoms with E-state index in [1.54, 1.807) is 16.7 Å². The van der Waals surface area contributed by atoms with Gasteiger partial charge in [0.2, 0.25) is 0 Å². The van der Waals surface area contributed by atoms with Crippen LogP contribution in [0.3, 0.4) is 0 Å². The molecule has 0 heterocycles. The Morgan fingerprint density at radius 3 is 2.85 bits per heavy atom. The van der Waals surface area contributed by atoms with E-state index in [0.717, 1.165) is 5.92 Å². The highest BCUT2D eigenvalue weighted by atomic mass is 14.3. The Morgan fingerprint density at radius 1 is 1.23 bits per heavy atom. The highest BCUT2D eigenvalue weighted by Gasteiger charge is 2.27. The van der Waals surface area contributed by atoms with E-state index in [1.807, 2.05) is 0 Å². The molecule has 0 atom stereocenters. The van der Waals surface area contributed by atoms with Gasteiger partial charge in [-0.3, -0.25) is 0 Å². The maximum atomic E-state index is 2.38. The van der Waals surface area contributed by atoms with Crippen LogP contribution in [0.5, 0.6) is 0 Å². The van der Waals surface area contributed by atoms with Gasteiger partial charge in [-0.25, -0.2) is 0 Å². The third-order valence-corrected chi connectivity index (χ3v) is 3.11. The first-order chi connectivity index (χ1) is 6.34. The van der Waals surface area contributed by atoms with Crippen molar-refractivity contribution in [3.05, 3.63) is 40.5 Å². The second-order valence-corrected chi connectivity index (χ2v) is 4.36. The van der Waals surface area contributed by atoms with Crippen molar-refractivity contribution in [2.45, 2.75) is 32.1 Å². The average molecular weight is 170 g/mol. The van der Waals surface area contributed by atoms with Crippen LogP contribution in [0.4, 0.5) is 0 Å². The summed E-state index contributed by atoms with van der Waals surface area (Å²) in [7, 11) is 0. The van der Waals surface area contributed by atoms with Gasteiger partial charge in [-0.1, -0.05) is 29.8 Å². The molecule has 3 rings (SSSR count). The molecule has 66 valence electrons. The molecule has 2 aliphatic carbocycles. The lowest BCUT2D eigenvalue weighted by molar-refractivity contribution is 1.10. The van der Waals surface area contributed by atoms with Gasteiger partial charge >= 0.3 is 0 Å². The molecule has 1 aromatic rings. The Labute approximate surface area is 79.3 Å². The van der Waals surface area contributed by atoms with Crippen LogP contribution in [0.2, 0.25) is 0 Å². The van der Waals surface area contributed by atoms with Gasteiger partial charge in [0.05, 0.1) is 0 Å². The summed E-state index contributed by atoms with van der Waals surface area (Å²) in [6.07, 6.45) is 6.37. The molecular weight excluding hydrogens is 156 g/mol. The van der Waals surface area contributed by atoms with Crippen molar-refractivity contribution >= 4 is 6.08 Å². The van der Waals surface area contributed by atoms with Gasteiger partial charge in [0.15, 0.2) is 0 Å². The summed E-state index contributed by atoms with van der Waals surface area (Å²) in [4.78, 5) is 0. The van der Waals surface area contributed by atoms with E-state index in [-0.39, 0.29) is 0 Å². The van der Waals surface area contributed by atoms with Gasteiger partial charge in [0, 0.05) is 0 Å². The van der Waals surface area contributed by atoms with Crippen molar-refractivity contribution in [3.63, 3.8) is 0 Å². The molecule has 0 radical (unpaired) electrons. The fraction of sp³-hybridized carbons (Fsp3) is 0.385. The standard InChI is InChI=1S/C13H14/c1-9-7-11-3-2-4-12(10-5-6-10)13(11)8-9/h2-4,8,10H,5-7H2,1H3. The van der Waals surface area contributed by atoms with Gasteiger partial charge in [0.1, 0.15) is 0 Å². The summed E-state index contributed by atoms with van der Waals surface area (Å²) in [6.45, 7) is 2.23. The number of benzene rings is 1. The highest BCUT2D eigenvalue weighted by molar-refractivity contribution is 5.67. The molecule has 13 heavy (non-hydrogen) atoms. The monoisotopic (exact) mass is 170 g/mol. The summed E-state index contributed by atoms with van der Waals surface area (Å²) >= 11 is 0. The Bertz CT molecular complexity index is 381. The van der Waals surface area contributed by atoms with E-state index in [9.17, 15) is 0 Å². The van der Waals surface area contributed by atoms with Crippen LogP contribution in [0, 0.1) is 0 Å². The Kier molecular flexibility index (Phi) is 1.40. The van der Waals surface area contributed by atoms with Gasteiger partial charge in [-0.2, -0.15) is 0 Å². The lowest BCUT2D eigenvalue weighted by Gasteiger charge is -2.04. The molecule has 1 fully saturated rings. The third kappa shape index (κ3) is 1.13. The second kappa shape index (κ2) is 2.47. The lowest BCUT2D eigenvalue weighted by atomic mass is 10.0. The van der Waals surface area contributed by atoms with E-state index in [1.165, 1.54) is 24.8 Å². The van der Waals surface area contributed by atoms with Crippen LogP contribution < -0.4 is 0 Å². The van der Waals surface area contributed by atoms with E-state index in [2.05, 4.69) is 31.2 Å². The maximum absolute atomic E-state index is 2.38. The quantitative estimate of drug-likeness (QED) is 0.605. The fourth-order valence-electron chi connectivity index (χ4n) is 2.31. The number of hydrogen-bond donors (Lipinski definition) is 0. The van der Waals surface area contributed by atoms with Gasteiger partial charge in [-0.15, -0.1) is 0 Å². The first-order valence-electron chi connectivity index (χ1n) is 5.13. The molecule has 0 bridgehead atoms. The zero-order valence-corrected chi connectivity index (χ0v) is 8.01. The number of hydrogen-bond acceptors (Lipinski definition) is 0. The maximum Gasteiger partial charge on any atom is -0.00605 e. The van der Waals surface area contributed by atoms with Crippen LogP contribution in [0.25, 0.3) is 6.08 Å². The summed E-state index contributed by atoms with van der Waals surface area (Å²) in [6, 6.07) is 6.80. The fourth-order valence-corrected chi connectivity index (χ4v) is 2.31. The van der Waals surface area contributed by atoms with Crippen LogP contribution in [0.1, 0.15) is 42.4 Å². The average Bonchev–Trinajstić information content (AvgIpc) is 2.86. The summed E-state index contributed by atoms with van der Waals surface area (Å²) in [5.74, 6) is 0.886. The SMILES string of the molecule is CC1=Cc2c(cccc2C2CC2)C1. The molecule has 0 N–H and O–H groups in total. The highest BCUT2D eigenvalue weighted by Crippen LogP contribution is 2.44. The minimum absolute atomic E-state index is 0.886. The first-order valence-corrected chi connectivity index (χ1v) is 5.13. The van der Waals surface area contributed by atoms with Crippen molar-refractivity contribution in [1.82, 2.24) is 0 Å². The van der Waals surface area contributed by atoms with Crippen molar-refractivity contribution in [2.24, 2.45) is 0 Å². The Morgan fingerprint density at radius 2 is 2.08 bits per heavy atom. The van der Waals surface area contributed by atoms with Crippen LogP contribution in [-0.2, 0) is 6.42 Å². The molecule has 0 saturated heterocycles. The predicted molar refractivity (Wildman–Crippen MR) is 55.8 cm³/mol. The Hall–Kier alpha value is -1.04. The van der Waals surface area contributed by atoms with Crippen molar-refractivity contribution in [3.8, 4) is 0 Å². The molecule has 0 aliphatic heterocycles. The molecule has 2 aliphatic rings. The number of rotatable bonds is 1. The largest absolute Gasteiger partial charge is 0.0683 e. The minimum Gasteiger partial charge on any atom is -0.0683 e. The predicted octanol–water partition coefficient (Wildman–Crippen LogP) is 3.52. The van der Waals surface area contributed by atoms with Gasteiger partial charge in [0.25, 0.3) is 0 Å². The Balaban J connectivity index is 2.15. The molecule has 0 nitrogen and oxygen atoms in total. The van der Waals surface area contributed by atoms with Crippen LogP contribution in [-0.4, -0.2) is 0 Å². The molecule has 0 aromatic heterocycles. The molecule has 1 saturated carbocycles. The van der Waals surface area contributed by atoms with Crippen LogP contribution in [0.15, 0.2) is 23.8 Å². The third-order valence-electron chi connectivity index (χ3n) is 3.11. The van der Waals surface area contributed by atoms with Crippen LogP contribution >= 0.6 is 0 Å². The minimum atomic E-state index is 0.886. The molecule has 0 unspecified atom stereocenters. The number of fused-ring (bicyclic) bond motifs is 1. The topological polar surface area (TPSA) is 0 Å². The molecule has 0 spiro atoms. The molecular formula is C13H14. The van der Waals surface area contributed by atoms with Crippen molar-refractivity contribution in [1.29, 1.82) is 0 Å². The second-order valence-electron chi connectivity index (χ2n) is 4.36. The first kappa shape index (κ1) is 7.37. The number of allylic oxidation sites excluding steroid dienone is 1. The molecule has 1 aromatic carbocycles. The zero-order chi connectivity index (χ0) is 8.84. The molecule has 0 heteroatoms. The summed E-state index contributed by atoms with van der Waals surface area (Å²) in [5.41, 5.74) is 6.21. The van der Waals surface area contributed by atoms with E-state index < -0.39 is 0 Å². The summed E-state index contributed by atoms with van der Waals surface area (Å²) in [5, 5.41) is 0. The summed E-state index contributed by atoms with van der Waals surface area (Å²) < 4.78 is 0. The van der Waals surface area contributed by atoms with E-state index in [0.29, 0.717) is 0 Å². The molecule has 0 amide bonds. The lowest BCUT2D eigenvalue weighted by Crippen LogP contribution is -1.88. The van der Waals surface area contributed by atoms with Crippen molar-refractivity contribution < 1.29 is 0 Å². The van der Waals surface area contributed by atoms with Crippen molar-refractivity contribution in [2.75, 3.05) is 0 Å². The van der Waals surface area contributed by atoms with Gasteiger partial charge in [-0.05, 0) is 48.8 Å².